The summed E-state index contributed by atoms with van der Waals surface area (Å²) in [5.74, 6) is 1.43. The molecule has 0 N–H and O–H groups in total. The van der Waals surface area contributed by atoms with Gasteiger partial charge < -0.3 is 9.47 Å². The first-order chi connectivity index (χ1) is 12.3. The van der Waals surface area contributed by atoms with Gasteiger partial charge in [-0.15, -0.1) is 0 Å². The quantitative estimate of drug-likeness (QED) is 0.848. The van der Waals surface area contributed by atoms with Crippen LogP contribution in [0, 0.1) is 0 Å². The molecule has 7 heteroatoms. The molecule has 3 aliphatic rings. The normalized spacial score (nSPS) is 21.6. The fourth-order valence-corrected chi connectivity index (χ4v) is 4.26. The first kappa shape index (κ1) is 15.1. The Morgan fingerprint density at radius 3 is 2.84 bits per heavy atom. The van der Waals surface area contributed by atoms with Gasteiger partial charge in [-0.25, -0.2) is 4.98 Å². The molecule has 132 valence electrons. The molecule has 25 heavy (non-hydrogen) atoms. The monoisotopic (exact) mass is 340 g/mol. The fourth-order valence-electron chi connectivity index (χ4n) is 4.26. The Kier molecular flexibility index (Phi) is 3.62. The molecular formula is C18H24N6O. The second-order valence-corrected chi connectivity index (χ2v) is 7.45. The topological polar surface area (TPSA) is 59.2 Å². The van der Waals surface area contributed by atoms with Crippen LogP contribution in [0.5, 0.6) is 0 Å². The van der Waals surface area contributed by atoms with Crippen LogP contribution in [0.1, 0.15) is 43.2 Å². The summed E-state index contributed by atoms with van der Waals surface area (Å²) in [4.78, 5) is 20.8. The Morgan fingerprint density at radius 1 is 1.08 bits per heavy atom. The van der Waals surface area contributed by atoms with Crippen molar-refractivity contribution in [2.24, 2.45) is 0 Å². The third-order valence-corrected chi connectivity index (χ3v) is 5.74. The molecule has 1 amide bonds. The molecule has 0 saturated carbocycles. The zero-order chi connectivity index (χ0) is 16.8. The minimum Gasteiger partial charge on any atom is -0.331 e. The maximum atomic E-state index is 11.9. The van der Waals surface area contributed by atoms with Crippen molar-refractivity contribution in [3.63, 3.8) is 0 Å². The van der Waals surface area contributed by atoms with Gasteiger partial charge in [0, 0.05) is 50.7 Å². The van der Waals surface area contributed by atoms with Gasteiger partial charge in [0.15, 0.2) is 0 Å². The van der Waals surface area contributed by atoms with Crippen molar-refractivity contribution in [2.75, 3.05) is 24.5 Å². The Hall–Kier alpha value is -2.15. The van der Waals surface area contributed by atoms with Gasteiger partial charge in [-0.1, -0.05) is 0 Å². The van der Waals surface area contributed by atoms with Gasteiger partial charge in [-0.3, -0.25) is 14.4 Å². The van der Waals surface area contributed by atoms with E-state index < -0.39 is 0 Å². The van der Waals surface area contributed by atoms with E-state index in [-0.39, 0.29) is 5.91 Å². The molecule has 3 aliphatic heterocycles. The van der Waals surface area contributed by atoms with Crippen LogP contribution in [-0.2, 0) is 24.3 Å². The Labute approximate surface area is 147 Å². The van der Waals surface area contributed by atoms with Crippen LogP contribution >= 0.6 is 0 Å². The number of fused-ring (bicyclic) bond motifs is 1. The summed E-state index contributed by atoms with van der Waals surface area (Å²) >= 11 is 0. The first-order valence-corrected chi connectivity index (χ1v) is 9.38. The van der Waals surface area contributed by atoms with E-state index in [1.807, 2.05) is 22.0 Å². The van der Waals surface area contributed by atoms with Gasteiger partial charge in [0.1, 0.15) is 5.82 Å². The molecule has 0 bridgehead atoms. The van der Waals surface area contributed by atoms with Crippen LogP contribution in [0.15, 0.2) is 18.6 Å². The second-order valence-electron chi connectivity index (χ2n) is 7.45. The Morgan fingerprint density at radius 2 is 2.00 bits per heavy atom. The molecule has 5 heterocycles. The number of carbonyl (C=O) groups is 1. The number of aromatic nitrogens is 4. The molecule has 0 unspecified atom stereocenters. The third kappa shape index (κ3) is 2.66. The van der Waals surface area contributed by atoms with Gasteiger partial charge in [-0.2, -0.15) is 5.10 Å². The predicted molar refractivity (Wildman–Crippen MR) is 93.3 cm³/mol. The van der Waals surface area contributed by atoms with E-state index >= 15 is 0 Å². The Bertz CT molecular complexity index is 787. The summed E-state index contributed by atoms with van der Waals surface area (Å²) in [6.07, 6.45) is 11.3. The van der Waals surface area contributed by atoms with Gasteiger partial charge in [0.2, 0.25) is 5.91 Å². The second kappa shape index (κ2) is 5.98. The largest absolute Gasteiger partial charge is 0.331 e. The lowest BCUT2D eigenvalue weighted by Crippen LogP contribution is -2.47. The fraction of sp³-hybridized carbons (Fsp3) is 0.611. The molecule has 2 saturated heterocycles. The van der Waals surface area contributed by atoms with Crippen molar-refractivity contribution in [3.05, 3.63) is 30.1 Å². The Balaban J connectivity index is 1.20. The molecule has 7 nitrogen and oxygen atoms in total. The highest BCUT2D eigenvalue weighted by molar-refractivity contribution is 5.95. The molecule has 0 atom stereocenters. The van der Waals surface area contributed by atoms with Crippen molar-refractivity contribution in [1.29, 1.82) is 0 Å². The van der Waals surface area contributed by atoms with E-state index in [1.165, 1.54) is 30.8 Å². The number of nitrogens with zero attached hydrogens (tertiary/aromatic N) is 6. The molecular weight excluding hydrogens is 316 g/mol. The highest BCUT2D eigenvalue weighted by atomic mass is 16.2. The van der Waals surface area contributed by atoms with Crippen molar-refractivity contribution < 1.29 is 4.79 Å². The van der Waals surface area contributed by atoms with Crippen LogP contribution in [0.4, 0.5) is 5.69 Å². The summed E-state index contributed by atoms with van der Waals surface area (Å²) in [5, 5.41) is 4.49. The van der Waals surface area contributed by atoms with Crippen molar-refractivity contribution in [3.8, 4) is 0 Å². The smallest absolute Gasteiger partial charge is 0.227 e. The lowest BCUT2D eigenvalue weighted by molar-refractivity contribution is -0.117. The summed E-state index contributed by atoms with van der Waals surface area (Å²) < 4.78 is 4.43. The van der Waals surface area contributed by atoms with E-state index in [9.17, 15) is 4.79 Å². The molecule has 0 aromatic carbocycles. The number of likely N-dealkylation sites (tertiary alicyclic amines) is 1. The van der Waals surface area contributed by atoms with Crippen LogP contribution in [0.25, 0.3) is 0 Å². The standard InChI is InChI=1S/C18H24N6O/c25-18-5-3-7-23(18)15-9-20-24(12-15)16-10-21(11-16)13-17-19-8-14-4-1-2-6-22(14)17/h8-9,12,16H,1-7,10-11,13H2. The number of anilines is 1. The van der Waals surface area contributed by atoms with Crippen LogP contribution < -0.4 is 4.90 Å². The lowest BCUT2D eigenvalue weighted by Gasteiger charge is -2.39. The highest BCUT2D eigenvalue weighted by Gasteiger charge is 2.31. The first-order valence-electron chi connectivity index (χ1n) is 9.38. The van der Waals surface area contributed by atoms with Crippen molar-refractivity contribution in [2.45, 2.75) is 51.2 Å². The van der Waals surface area contributed by atoms with E-state index in [0.29, 0.717) is 12.5 Å². The zero-order valence-electron chi connectivity index (χ0n) is 14.5. The summed E-state index contributed by atoms with van der Waals surface area (Å²) in [5.41, 5.74) is 2.34. The maximum absolute atomic E-state index is 11.9. The van der Waals surface area contributed by atoms with Crippen LogP contribution in [0.2, 0.25) is 0 Å². The zero-order valence-corrected chi connectivity index (χ0v) is 14.5. The minimum atomic E-state index is 0.221. The third-order valence-electron chi connectivity index (χ3n) is 5.74. The van der Waals surface area contributed by atoms with E-state index in [1.54, 1.807) is 0 Å². The van der Waals surface area contributed by atoms with Gasteiger partial charge in [0.25, 0.3) is 0 Å². The molecule has 2 aromatic rings. The number of carbonyl (C=O) groups excluding carboxylic acids is 1. The highest BCUT2D eigenvalue weighted by Crippen LogP contribution is 2.27. The average molecular weight is 340 g/mol. The maximum Gasteiger partial charge on any atom is 0.227 e. The number of hydrogen-bond acceptors (Lipinski definition) is 4. The van der Waals surface area contributed by atoms with E-state index in [0.717, 1.165) is 44.8 Å². The predicted octanol–water partition coefficient (Wildman–Crippen LogP) is 1.60. The molecule has 5 rings (SSSR count). The molecule has 2 fully saturated rings. The molecule has 0 spiro atoms. The molecule has 2 aromatic heterocycles. The number of rotatable bonds is 4. The van der Waals surface area contributed by atoms with Gasteiger partial charge in [-0.05, 0) is 25.7 Å². The van der Waals surface area contributed by atoms with Crippen LogP contribution in [-0.4, -0.2) is 49.8 Å². The number of imidazole rings is 1. The summed E-state index contributed by atoms with van der Waals surface area (Å²) in [7, 11) is 0. The number of amides is 1. The number of aryl methyl sites for hydroxylation is 1. The van der Waals surface area contributed by atoms with E-state index in [4.69, 9.17) is 0 Å². The average Bonchev–Trinajstić information content (AvgIpc) is 3.30. The SMILES string of the molecule is O=C1CCCN1c1cnn(C2CN(Cc3ncc4n3CCCC4)C2)c1. The summed E-state index contributed by atoms with van der Waals surface area (Å²) in [6, 6.07) is 0.405. The van der Waals surface area contributed by atoms with Crippen molar-refractivity contribution >= 4 is 11.6 Å². The molecule has 0 aliphatic carbocycles. The van der Waals surface area contributed by atoms with E-state index in [2.05, 4.69) is 25.7 Å². The lowest BCUT2D eigenvalue weighted by atomic mass is 10.1. The van der Waals surface area contributed by atoms with Crippen LogP contribution in [0.3, 0.4) is 0 Å². The van der Waals surface area contributed by atoms with Gasteiger partial charge in [0.05, 0.1) is 24.5 Å². The molecule has 0 radical (unpaired) electrons. The van der Waals surface area contributed by atoms with Crippen molar-refractivity contribution in [1.82, 2.24) is 24.2 Å². The van der Waals surface area contributed by atoms with Gasteiger partial charge >= 0.3 is 0 Å². The summed E-state index contributed by atoms with van der Waals surface area (Å²) in [6.45, 7) is 4.87. The number of hydrogen-bond donors (Lipinski definition) is 0. The minimum absolute atomic E-state index is 0.221.